The zero-order valence-electron chi connectivity index (χ0n) is 9.18. The largest absolute Gasteiger partial charge is 0.357 e. The van der Waals surface area contributed by atoms with Crippen LogP contribution in [0.3, 0.4) is 0 Å². The van der Waals surface area contributed by atoms with Crippen LogP contribution in [-0.4, -0.2) is 38.5 Å². The fraction of sp³-hybridized carbons (Fsp3) is 0.778. The van der Waals surface area contributed by atoms with Crippen LogP contribution in [0.4, 0.5) is 0 Å². The lowest BCUT2D eigenvalue weighted by atomic mass is 10.0. The number of carbonyl (C=O) groups excluding carboxylic acids is 2. The van der Waals surface area contributed by atoms with Gasteiger partial charge >= 0.3 is 0 Å². The predicted octanol–water partition coefficient (Wildman–Crippen LogP) is -0.907. The Morgan fingerprint density at radius 1 is 1.21 bits per heavy atom. The first-order valence-electron chi connectivity index (χ1n) is 4.68. The van der Waals surface area contributed by atoms with Gasteiger partial charge in [-0.15, -0.1) is 0 Å². The van der Waals surface area contributed by atoms with Crippen molar-refractivity contribution >= 4 is 11.8 Å². The maximum atomic E-state index is 11.3. The molecule has 82 valence electrons. The summed E-state index contributed by atoms with van der Waals surface area (Å²) in [6, 6.07) is -0.458. The molecule has 0 saturated carbocycles. The van der Waals surface area contributed by atoms with Crippen molar-refractivity contribution < 1.29 is 9.59 Å². The Labute approximate surface area is 84.6 Å². The third kappa shape index (κ3) is 4.23. The normalized spacial score (nSPS) is 12.4. The van der Waals surface area contributed by atoms with Crippen LogP contribution in [0, 0.1) is 5.92 Å². The summed E-state index contributed by atoms with van der Waals surface area (Å²) in [5.41, 5.74) is 0. The zero-order valence-corrected chi connectivity index (χ0v) is 9.18. The Bertz CT molecular complexity index is 204. The predicted molar refractivity (Wildman–Crippen MR) is 54.8 cm³/mol. The summed E-state index contributed by atoms with van der Waals surface area (Å²) in [6.07, 6.45) is 0. The first-order chi connectivity index (χ1) is 6.52. The van der Waals surface area contributed by atoms with E-state index in [1.807, 2.05) is 13.8 Å². The number of amides is 2. The van der Waals surface area contributed by atoms with Crippen molar-refractivity contribution in [3.05, 3.63) is 0 Å². The zero-order chi connectivity index (χ0) is 11.1. The van der Waals surface area contributed by atoms with E-state index in [-0.39, 0.29) is 24.3 Å². The van der Waals surface area contributed by atoms with Crippen LogP contribution in [0.1, 0.15) is 13.8 Å². The first kappa shape index (κ1) is 12.9. The summed E-state index contributed by atoms with van der Waals surface area (Å²) in [4.78, 5) is 22.6. The van der Waals surface area contributed by atoms with E-state index in [1.165, 1.54) is 0 Å². The average molecular weight is 201 g/mol. The molecule has 5 heteroatoms. The highest BCUT2D eigenvalue weighted by atomic mass is 16.2. The lowest BCUT2D eigenvalue weighted by Gasteiger charge is -2.20. The molecular formula is C9H19N3O2. The van der Waals surface area contributed by atoms with Gasteiger partial charge in [-0.05, 0) is 13.0 Å². The van der Waals surface area contributed by atoms with E-state index in [0.29, 0.717) is 0 Å². The van der Waals surface area contributed by atoms with Crippen LogP contribution in [0.15, 0.2) is 0 Å². The number of likely N-dealkylation sites (N-methyl/N-ethyl adjacent to an activating group) is 2. The molecule has 0 spiro atoms. The van der Waals surface area contributed by atoms with Gasteiger partial charge in [-0.2, -0.15) is 0 Å². The van der Waals surface area contributed by atoms with Crippen molar-refractivity contribution in [1.82, 2.24) is 16.0 Å². The SMILES string of the molecule is CNCC(=O)N[C@H](C(=O)NC)C(C)C. The van der Waals surface area contributed by atoms with Gasteiger partial charge in [-0.1, -0.05) is 13.8 Å². The van der Waals surface area contributed by atoms with Gasteiger partial charge in [0.05, 0.1) is 6.54 Å². The molecule has 0 aromatic carbocycles. The summed E-state index contributed by atoms with van der Waals surface area (Å²) in [7, 11) is 3.24. The van der Waals surface area contributed by atoms with Crippen LogP contribution in [-0.2, 0) is 9.59 Å². The number of nitrogens with one attached hydrogen (secondary N) is 3. The van der Waals surface area contributed by atoms with Crippen molar-refractivity contribution in [1.29, 1.82) is 0 Å². The lowest BCUT2D eigenvalue weighted by molar-refractivity contribution is -0.129. The molecule has 0 aromatic rings. The summed E-state index contributed by atoms with van der Waals surface area (Å²) >= 11 is 0. The van der Waals surface area contributed by atoms with Gasteiger partial charge in [-0.25, -0.2) is 0 Å². The molecule has 1 atom stereocenters. The van der Waals surface area contributed by atoms with Gasteiger partial charge in [0, 0.05) is 7.05 Å². The van der Waals surface area contributed by atoms with Crippen molar-refractivity contribution in [2.75, 3.05) is 20.6 Å². The van der Waals surface area contributed by atoms with E-state index in [4.69, 9.17) is 0 Å². The second-order valence-electron chi connectivity index (χ2n) is 3.43. The van der Waals surface area contributed by atoms with E-state index in [9.17, 15) is 9.59 Å². The topological polar surface area (TPSA) is 70.2 Å². The quantitative estimate of drug-likeness (QED) is 0.539. The van der Waals surface area contributed by atoms with Crippen LogP contribution in [0.5, 0.6) is 0 Å². The van der Waals surface area contributed by atoms with E-state index < -0.39 is 6.04 Å². The maximum Gasteiger partial charge on any atom is 0.242 e. The Balaban J connectivity index is 4.23. The molecule has 14 heavy (non-hydrogen) atoms. The summed E-state index contributed by atoms with van der Waals surface area (Å²) in [5.74, 6) is -0.255. The highest BCUT2D eigenvalue weighted by Crippen LogP contribution is 2.00. The van der Waals surface area contributed by atoms with Gasteiger partial charge in [0.15, 0.2) is 0 Å². The molecule has 0 heterocycles. The van der Waals surface area contributed by atoms with E-state index in [2.05, 4.69) is 16.0 Å². The number of rotatable bonds is 5. The minimum atomic E-state index is -0.458. The molecule has 0 aliphatic rings. The van der Waals surface area contributed by atoms with Crippen LogP contribution >= 0.6 is 0 Å². The molecular weight excluding hydrogens is 182 g/mol. The third-order valence-electron chi connectivity index (χ3n) is 1.85. The fourth-order valence-corrected chi connectivity index (χ4v) is 1.08. The van der Waals surface area contributed by atoms with Crippen molar-refractivity contribution in [3.8, 4) is 0 Å². The maximum absolute atomic E-state index is 11.3. The fourth-order valence-electron chi connectivity index (χ4n) is 1.08. The van der Waals surface area contributed by atoms with Crippen molar-refractivity contribution in [2.24, 2.45) is 5.92 Å². The van der Waals surface area contributed by atoms with Crippen molar-refractivity contribution in [2.45, 2.75) is 19.9 Å². The number of hydrogen-bond acceptors (Lipinski definition) is 3. The Hall–Kier alpha value is -1.10. The molecule has 0 fully saturated rings. The minimum Gasteiger partial charge on any atom is -0.357 e. The van der Waals surface area contributed by atoms with Gasteiger partial charge < -0.3 is 16.0 Å². The Morgan fingerprint density at radius 2 is 1.79 bits per heavy atom. The van der Waals surface area contributed by atoms with E-state index in [1.54, 1.807) is 14.1 Å². The summed E-state index contributed by atoms with van der Waals surface area (Å²) in [6.45, 7) is 4.00. The lowest BCUT2D eigenvalue weighted by Crippen LogP contribution is -2.50. The van der Waals surface area contributed by atoms with Gasteiger partial charge in [0.2, 0.25) is 11.8 Å². The first-order valence-corrected chi connectivity index (χ1v) is 4.68. The number of carbonyl (C=O) groups is 2. The van der Waals surface area contributed by atoms with Crippen LogP contribution in [0.2, 0.25) is 0 Å². The van der Waals surface area contributed by atoms with E-state index in [0.717, 1.165) is 0 Å². The monoisotopic (exact) mass is 201 g/mol. The molecule has 2 amide bonds. The van der Waals surface area contributed by atoms with Crippen LogP contribution < -0.4 is 16.0 Å². The highest BCUT2D eigenvalue weighted by molar-refractivity contribution is 5.88. The molecule has 0 radical (unpaired) electrons. The highest BCUT2D eigenvalue weighted by Gasteiger charge is 2.22. The summed E-state index contributed by atoms with van der Waals surface area (Å²) in [5, 5.41) is 7.90. The Kier molecular flexibility index (Phi) is 5.87. The molecule has 0 bridgehead atoms. The van der Waals surface area contributed by atoms with E-state index >= 15 is 0 Å². The molecule has 0 rings (SSSR count). The van der Waals surface area contributed by atoms with Gasteiger partial charge in [-0.3, -0.25) is 9.59 Å². The molecule has 0 aliphatic carbocycles. The Morgan fingerprint density at radius 3 is 2.14 bits per heavy atom. The minimum absolute atomic E-state index is 0.0794. The van der Waals surface area contributed by atoms with Crippen molar-refractivity contribution in [3.63, 3.8) is 0 Å². The second kappa shape index (κ2) is 6.37. The smallest absolute Gasteiger partial charge is 0.242 e. The summed E-state index contributed by atoms with van der Waals surface area (Å²) < 4.78 is 0. The molecule has 0 aliphatic heterocycles. The second-order valence-corrected chi connectivity index (χ2v) is 3.43. The molecule has 0 unspecified atom stereocenters. The van der Waals surface area contributed by atoms with Crippen LogP contribution in [0.25, 0.3) is 0 Å². The molecule has 0 saturated heterocycles. The molecule has 5 nitrogen and oxygen atoms in total. The van der Waals surface area contributed by atoms with Gasteiger partial charge in [0.25, 0.3) is 0 Å². The number of hydrogen-bond donors (Lipinski definition) is 3. The standard InChI is InChI=1S/C9H19N3O2/c1-6(2)8(9(14)11-4)12-7(13)5-10-3/h6,8,10H,5H2,1-4H3,(H,11,14)(H,12,13)/t8-/m0/s1. The molecule has 3 N–H and O–H groups in total. The van der Waals surface area contributed by atoms with Gasteiger partial charge in [0.1, 0.15) is 6.04 Å². The molecule has 0 aromatic heterocycles. The third-order valence-corrected chi connectivity index (χ3v) is 1.85. The average Bonchev–Trinajstić information content (AvgIpc) is 2.13.